The molecule has 0 atom stereocenters. The maximum absolute atomic E-state index is 12.1. The normalized spacial score (nSPS) is 11.0. The fourth-order valence-electron chi connectivity index (χ4n) is 1.47. The topological polar surface area (TPSA) is 114 Å². The van der Waals surface area contributed by atoms with E-state index >= 15 is 0 Å². The molecule has 1 heterocycles. The Hall–Kier alpha value is -1.97. The van der Waals surface area contributed by atoms with Crippen molar-refractivity contribution < 1.29 is 13.2 Å². The van der Waals surface area contributed by atoms with Gasteiger partial charge >= 0.3 is 6.03 Å². The minimum absolute atomic E-state index is 0.0122. The second kappa shape index (κ2) is 6.42. The van der Waals surface area contributed by atoms with Gasteiger partial charge in [-0.05, 0) is 30.7 Å². The van der Waals surface area contributed by atoms with Gasteiger partial charge < -0.3 is 0 Å². The van der Waals surface area contributed by atoms with Crippen molar-refractivity contribution in [2.24, 2.45) is 0 Å². The summed E-state index contributed by atoms with van der Waals surface area (Å²) in [6, 6.07) is 4.65. The van der Waals surface area contributed by atoms with E-state index in [1.165, 1.54) is 25.1 Å². The average Bonchev–Trinajstić information content (AvgIpc) is 2.36. The third kappa shape index (κ3) is 4.03. The third-order valence-electron chi connectivity index (χ3n) is 2.30. The molecule has 2 rings (SSSR count). The number of nitrogens with zero attached hydrogens (tertiary/aromatic N) is 3. The predicted octanol–water partition coefficient (Wildman–Crippen LogP) is 2.00. The molecule has 0 saturated heterocycles. The lowest BCUT2D eigenvalue weighted by atomic mass is 10.4. The molecular formula is C11H9Cl2N5O3S. The molecule has 0 aliphatic carbocycles. The number of halogens is 2. The summed E-state index contributed by atoms with van der Waals surface area (Å²) >= 11 is 11.4. The molecule has 116 valence electrons. The van der Waals surface area contributed by atoms with E-state index in [4.69, 9.17) is 23.2 Å². The van der Waals surface area contributed by atoms with Gasteiger partial charge in [-0.3, -0.25) is 5.32 Å². The van der Waals surface area contributed by atoms with Crippen LogP contribution in [0.5, 0.6) is 0 Å². The zero-order valence-electron chi connectivity index (χ0n) is 11.0. The Balaban J connectivity index is 2.16. The Morgan fingerprint density at radius 1 is 1.14 bits per heavy atom. The summed E-state index contributed by atoms with van der Waals surface area (Å²) in [6.07, 6.45) is 0. The van der Waals surface area contributed by atoms with Crippen molar-refractivity contribution in [3.05, 3.63) is 40.4 Å². The van der Waals surface area contributed by atoms with Crippen molar-refractivity contribution in [3.63, 3.8) is 0 Å². The van der Waals surface area contributed by atoms with Crippen molar-refractivity contribution in [3.8, 4) is 0 Å². The molecule has 0 aliphatic heterocycles. The first-order valence-electron chi connectivity index (χ1n) is 5.74. The lowest BCUT2D eigenvalue weighted by molar-refractivity contribution is 0.256. The molecular weight excluding hydrogens is 353 g/mol. The number of rotatable bonds is 3. The van der Waals surface area contributed by atoms with Crippen LogP contribution in [-0.4, -0.2) is 29.4 Å². The molecule has 11 heteroatoms. The molecule has 1 aromatic heterocycles. The van der Waals surface area contributed by atoms with Crippen molar-refractivity contribution in [2.75, 3.05) is 5.32 Å². The van der Waals surface area contributed by atoms with E-state index in [0.29, 0.717) is 0 Å². The highest BCUT2D eigenvalue weighted by Gasteiger charge is 2.21. The molecule has 1 aromatic carbocycles. The fraction of sp³-hybridized carbons (Fsp3) is 0.0909. The van der Waals surface area contributed by atoms with Gasteiger partial charge in [-0.2, -0.15) is 9.97 Å². The summed E-state index contributed by atoms with van der Waals surface area (Å²) in [4.78, 5) is 22.7. The van der Waals surface area contributed by atoms with E-state index in [-0.39, 0.29) is 27.0 Å². The first kappa shape index (κ1) is 16.4. The number of aromatic nitrogens is 3. The van der Waals surface area contributed by atoms with Crippen molar-refractivity contribution in [1.29, 1.82) is 0 Å². The fourth-order valence-corrected chi connectivity index (χ4v) is 3.10. The molecule has 22 heavy (non-hydrogen) atoms. The summed E-state index contributed by atoms with van der Waals surface area (Å²) in [5.41, 5.74) is 0. The zero-order chi connectivity index (χ0) is 16.3. The second-order valence-electron chi connectivity index (χ2n) is 3.97. The molecule has 0 radical (unpaired) electrons. The van der Waals surface area contributed by atoms with Crippen molar-refractivity contribution in [1.82, 2.24) is 19.7 Å². The van der Waals surface area contributed by atoms with Crippen LogP contribution in [0.1, 0.15) is 5.82 Å². The molecule has 2 aromatic rings. The lowest BCUT2D eigenvalue weighted by Crippen LogP contribution is -2.35. The monoisotopic (exact) mass is 361 g/mol. The summed E-state index contributed by atoms with van der Waals surface area (Å²) in [5, 5.41) is 2.01. The number of sulfonamides is 1. The van der Waals surface area contributed by atoms with E-state index in [1.807, 2.05) is 0 Å². The molecule has 0 aliphatic rings. The largest absolute Gasteiger partial charge is 0.335 e. The van der Waals surface area contributed by atoms with E-state index < -0.39 is 16.1 Å². The van der Waals surface area contributed by atoms with E-state index in [1.54, 1.807) is 10.8 Å². The molecule has 0 saturated carbocycles. The number of benzene rings is 1. The number of hydrogen-bond acceptors (Lipinski definition) is 6. The summed E-state index contributed by atoms with van der Waals surface area (Å²) < 4.78 is 25.9. The van der Waals surface area contributed by atoms with Gasteiger partial charge in [-0.15, -0.1) is 0 Å². The molecule has 2 N–H and O–H groups in total. The van der Waals surface area contributed by atoms with Crippen LogP contribution >= 0.6 is 23.2 Å². The van der Waals surface area contributed by atoms with Gasteiger partial charge in [0.25, 0.3) is 10.0 Å². The number of anilines is 1. The maximum Gasteiger partial charge on any atom is 0.335 e. The predicted molar refractivity (Wildman–Crippen MR) is 80.4 cm³/mol. The van der Waals surface area contributed by atoms with Gasteiger partial charge in [0.05, 0.1) is 5.02 Å². The standard InChI is InChI=1S/C11H9Cl2N5O3S/c1-6-14-9(13)16-10(15-6)17-11(19)18-22(20,21)8-5-3-2-4-7(8)12/h2-5H,1H3,(H2,14,15,16,17,18,19). The highest BCUT2D eigenvalue weighted by atomic mass is 35.5. The number of carbonyl (C=O) groups excluding carboxylic acids is 1. The Kier molecular flexibility index (Phi) is 4.79. The van der Waals surface area contributed by atoms with Gasteiger partial charge in [0.2, 0.25) is 11.2 Å². The molecule has 0 unspecified atom stereocenters. The number of nitrogens with one attached hydrogen (secondary N) is 2. The van der Waals surface area contributed by atoms with Crippen LogP contribution < -0.4 is 10.0 Å². The minimum atomic E-state index is -4.13. The number of amides is 2. The zero-order valence-corrected chi connectivity index (χ0v) is 13.4. The Morgan fingerprint density at radius 2 is 1.82 bits per heavy atom. The summed E-state index contributed by atoms with van der Waals surface area (Å²) in [6.45, 7) is 1.54. The summed E-state index contributed by atoms with van der Waals surface area (Å²) in [7, 11) is -4.13. The minimum Gasteiger partial charge on any atom is -0.275 e. The maximum atomic E-state index is 12.1. The van der Waals surface area contributed by atoms with E-state index in [2.05, 4.69) is 20.3 Å². The average molecular weight is 362 g/mol. The van der Waals surface area contributed by atoms with Crippen LogP contribution in [0.3, 0.4) is 0 Å². The van der Waals surface area contributed by atoms with Gasteiger partial charge in [0.15, 0.2) is 0 Å². The van der Waals surface area contributed by atoms with Gasteiger partial charge in [0.1, 0.15) is 10.7 Å². The van der Waals surface area contributed by atoms with Crippen molar-refractivity contribution in [2.45, 2.75) is 11.8 Å². The second-order valence-corrected chi connectivity index (χ2v) is 6.36. The molecule has 8 nitrogen and oxygen atoms in total. The lowest BCUT2D eigenvalue weighted by Gasteiger charge is -2.09. The Morgan fingerprint density at radius 3 is 2.45 bits per heavy atom. The van der Waals surface area contributed by atoms with Gasteiger partial charge in [0, 0.05) is 0 Å². The molecule has 0 spiro atoms. The van der Waals surface area contributed by atoms with Crippen LogP contribution in [0.2, 0.25) is 10.3 Å². The highest BCUT2D eigenvalue weighted by Crippen LogP contribution is 2.20. The Bertz CT molecular complexity index is 808. The van der Waals surface area contributed by atoms with Crippen LogP contribution in [0.4, 0.5) is 10.7 Å². The molecule has 0 bridgehead atoms. The SMILES string of the molecule is Cc1nc(Cl)nc(NC(=O)NS(=O)(=O)c2ccccc2Cl)n1. The van der Waals surface area contributed by atoms with Gasteiger partial charge in [-0.1, -0.05) is 23.7 Å². The smallest absolute Gasteiger partial charge is 0.275 e. The molecule has 2 amide bonds. The molecule has 0 fully saturated rings. The van der Waals surface area contributed by atoms with Crippen molar-refractivity contribution >= 4 is 45.2 Å². The first-order chi connectivity index (χ1) is 10.3. The van der Waals surface area contributed by atoms with Gasteiger partial charge in [-0.25, -0.2) is 22.9 Å². The van der Waals surface area contributed by atoms with Crippen LogP contribution in [-0.2, 0) is 10.0 Å². The quantitative estimate of drug-likeness (QED) is 0.863. The third-order valence-corrected chi connectivity index (χ3v) is 4.30. The Labute approximate surface area is 136 Å². The van der Waals surface area contributed by atoms with Crippen LogP contribution in [0, 0.1) is 6.92 Å². The number of aryl methyl sites for hydroxylation is 1. The summed E-state index contributed by atoms with van der Waals surface area (Å²) in [5.74, 6) is 0.0913. The highest BCUT2D eigenvalue weighted by molar-refractivity contribution is 7.90. The van der Waals surface area contributed by atoms with E-state index in [9.17, 15) is 13.2 Å². The van der Waals surface area contributed by atoms with Crippen LogP contribution in [0.15, 0.2) is 29.2 Å². The number of urea groups is 1. The van der Waals surface area contributed by atoms with Crippen LogP contribution in [0.25, 0.3) is 0 Å². The number of hydrogen-bond donors (Lipinski definition) is 2. The number of carbonyl (C=O) groups is 1. The first-order valence-corrected chi connectivity index (χ1v) is 7.98. The van der Waals surface area contributed by atoms with E-state index in [0.717, 1.165) is 0 Å².